The number of fused-ring (bicyclic) bond motifs is 3. The number of phenolic OH excluding ortho intramolecular Hbond substituents is 1. The molecule has 7 nitrogen and oxygen atoms in total. The van der Waals surface area contributed by atoms with Crippen LogP contribution in [0.4, 0.5) is 0 Å². The minimum atomic E-state index is 0.0176. The summed E-state index contributed by atoms with van der Waals surface area (Å²) in [6, 6.07) is 1.53. The van der Waals surface area contributed by atoms with E-state index in [1.807, 2.05) is 0 Å². The van der Waals surface area contributed by atoms with Crippen molar-refractivity contribution >= 4 is 21.9 Å². The molecule has 1 aromatic carbocycles. The zero-order valence-corrected chi connectivity index (χ0v) is 7.49. The SMILES string of the molecule is Nn1nc2c(O)cc3cncnc3c2n1. The fourth-order valence-electron chi connectivity index (χ4n) is 1.51. The van der Waals surface area contributed by atoms with Crippen molar-refractivity contribution in [2.75, 3.05) is 5.84 Å². The Hall–Kier alpha value is -2.44. The van der Waals surface area contributed by atoms with E-state index in [4.69, 9.17) is 5.84 Å². The van der Waals surface area contributed by atoms with Crippen LogP contribution in [0.2, 0.25) is 0 Å². The first kappa shape index (κ1) is 7.92. The maximum atomic E-state index is 9.66. The lowest BCUT2D eigenvalue weighted by molar-refractivity contribution is 0.480. The summed E-state index contributed by atoms with van der Waals surface area (Å²) >= 11 is 0. The van der Waals surface area contributed by atoms with Crippen LogP contribution in [0.1, 0.15) is 0 Å². The Kier molecular flexibility index (Phi) is 1.34. The number of aromatic hydroxyl groups is 1. The fraction of sp³-hybridized carbons (Fsp3) is 0. The van der Waals surface area contributed by atoms with Crippen LogP contribution in [0, 0.1) is 0 Å². The second-order valence-corrected chi connectivity index (χ2v) is 3.07. The topological polar surface area (TPSA) is 103 Å². The number of nitrogens with zero attached hydrogens (tertiary/aromatic N) is 5. The van der Waals surface area contributed by atoms with Crippen molar-refractivity contribution in [3.05, 3.63) is 18.6 Å². The first-order chi connectivity index (χ1) is 7.25. The maximum Gasteiger partial charge on any atom is 0.159 e. The van der Waals surface area contributed by atoms with Gasteiger partial charge in [-0.3, -0.25) is 0 Å². The summed E-state index contributed by atoms with van der Waals surface area (Å²) in [6.45, 7) is 0. The van der Waals surface area contributed by atoms with E-state index in [0.717, 1.165) is 4.91 Å². The standard InChI is InChI=1S/C8H6N6O/c9-14-12-7-5(15)1-4-2-10-3-11-6(4)8(7)13-14/h1-3,15H,9H2. The van der Waals surface area contributed by atoms with E-state index in [1.54, 1.807) is 6.20 Å². The van der Waals surface area contributed by atoms with Crippen molar-refractivity contribution < 1.29 is 5.11 Å². The molecule has 0 amide bonds. The van der Waals surface area contributed by atoms with Crippen molar-refractivity contribution in [2.24, 2.45) is 0 Å². The van der Waals surface area contributed by atoms with Gasteiger partial charge in [0.2, 0.25) is 0 Å². The number of aromatic nitrogens is 5. The lowest BCUT2D eigenvalue weighted by Gasteiger charge is -1.97. The molecule has 0 saturated heterocycles. The molecule has 0 fully saturated rings. The first-order valence-electron chi connectivity index (χ1n) is 4.19. The van der Waals surface area contributed by atoms with Gasteiger partial charge in [-0.25, -0.2) is 9.97 Å². The highest BCUT2D eigenvalue weighted by Crippen LogP contribution is 2.27. The van der Waals surface area contributed by atoms with Crippen LogP contribution in [-0.4, -0.2) is 30.2 Å². The average molecular weight is 202 g/mol. The largest absolute Gasteiger partial charge is 0.506 e. The van der Waals surface area contributed by atoms with Crippen molar-refractivity contribution in [2.45, 2.75) is 0 Å². The summed E-state index contributed by atoms with van der Waals surface area (Å²) in [7, 11) is 0. The monoisotopic (exact) mass is 202 g/mol. The van der Waals surface area contributed by atoms with Crippen molar-refractivity contribution in [3.63, 3.8) is 0 Å². The van der Waals surface area contributed by atoms with E-state index in [0.29, 0.717) is 21.9 Å². The highest BCUT2D eigenvalue weighted by molar-refractivity contribution is 6.03. The molecule has 7 heteroatoms. The van der Waals surface area contributed by atoms with Gasteiger partial charge in [0.05, 0.1) is 0 Å². The molecule has 3 aromatic rings. The number of rotatable bonds is 0. The Bertz CT molecular complexity index is 661. The summed E-state index contributed by atoms with van der Waals surface area (Å²) in [5.41, 5.74) is 1.42. The minimum Gasteiger partial charge on any atom is -0.506 e. The van der Waals surface area contributed by atoms with Crippen LogP contribution in [0.3, 0.4) is 0 Å². The Labute approximate surface area is 83.1 Å². The molecule has 0 aliphatic rings. The predicted octanol–water partition coefficient (Wildman–Crippen LogP) is -0.206. The number of nitrogen functional groups attached to an aromatic ring is 1. The molecule has 3 N–H and O–H groups in total. The van der Waals surface area contributed by atoms with E-state index in [-0.39, 0.29) is 5.75 Å². The quantitative estimate of drug-likeness (QED) is 0.489. The minimum absolute atomic E-state index is 0.0176. The first-order valence-corrected chi connectivity index (χ1v) is 4.19. The van der Waals surface area contributed by atoms with Crippen LogP contribution in [0.25, 0.3) is 21.9 Å². The molecule has 0 aliphatic carbocycles. The lowest BCUT2D eigenvalue weighted by Crippen LogP contribution is -2.11. The molecular weight excluding hydrogens is 196 g/mol. The number of nitrogens with two attached hydrogens (primary N) is 1. The molecule has 0 bridgehead atoms. The zero-order valence-electron chi connectivity index (χ0n) is 7.49. The number of benzene rings is 1. The molecule has 15 heavy (non-hydrogen) atoms. The fourth-order valence-corrected chi connectivity index (χ4v) is 1.51. The lowest BCUT2D eigenvalue weighted by atomic mass is 10.2. The molecule has 0 unspecified atom stereocenters. The van der Waals surface area contributed by atoms with Gasteiger partial charge >= 0.3 is 0 Å². The molecule has 2 heterocycles. The van der Waals surface area contributed by atoms with Crippen LogP contribution in [-0.2, 0) is 0 Å². The third-order valence-electron chi connectivity index (χ3n) is 2.13. The predicted molar refractivity (Wildman–Crippen MR) is 52.4 cm³/mol. The number of hydrogen-bond donors (Lipinski definition) is 2. The Morgan fingerprint density at radius 1 is 1.20 bits per heavy atom. The van der Waals surface area contributed by atoms with Gasteiger partial charge in [0.15, 0.2) is 5.52 Å². The van der Waals surface area contributed by atoms with Crippen molar-refractivity contribution in [1.29, 1.82) is 0 Å². The second kappa shape index (κ2) is 2.53. The summed E-state index contributed by atoms with van der Waals surface area (Å²) in [5, 5.41) is 18.1. The third kappa shape index (κ3) is 0.997. The highest BCUT2D eigenvalue weighted by Gasteiger charge is 2.11. The van der Waals surface area contributed by atoms with Crippen molar-refractivity contribution in [3.8, 4) is 5.75 Å². The van der Waals surface area contributed by atoms with E-state index in [1.165, 1.54) is 12.4 Å². The molecule has 0 atom stereocenters. The van der Waals surface area contributed by atoms with Gasteiger partial charge in [0, 0.05) is 11.6 Å². The number of hydrogen-bond acceptors (Lipinski definition) is 6. The average Bonchev–Trinajstić information content (AvgIpc) is 2.61. The molecular formula is C8H6N6O. The van der Waals surface area contributed by atoms with Gasteiger partial charge in [-0.05, 0) is 6.07 Å². The van der Waals surface area contributed by atoms with Crippen LogP contribution in [0.5, 0.6) is 5.75 Å². The van der Waals surface area contributed by atoms with E-state index in [9.17, 15) is 5.11 Å². The van der Waals surface area contributed by atoms with Crippen LogP contribution in [0.15, 0.2) is 18.6 Å². The molecule has 3 rings (SSSR count). The van der Waals surface area contributed by atoms with Gasteiger partial charge in [0.25, 0.3) is 0 Å². The third-order valence-corrected chi connectivity index (χ3v) is 2.13. The number of phenols is 1. The molecule has 0 saturated carbocycles. The molecule has 2 aromatic heterocycles. The van der Waals surface area contributed by atoms with Gasteiger partial charge in [-0.1, -0.05) is 4.91 Å². The molecule has 0 aliphatic heterocycles. The Morgan fingerprint density at radius 3 is 2.87 bits per heavy atom. The van der Waals surface area contributed by atoms with E-state index < -0.39 is 0 Å². The molecule has 0 spiro atoms. The van der Waals surface area contributed by atoms with Gasteiger partial charge in [-0.2, -0.15) is 0 Å². The van der Waals surface area contributed by atoms with E-state index >= 15 is 0 Å². The van der Waals surface area contributed by atoms with Gasteiger partial charge < -0.3 is 10.9 Å². The normalized spacial score (nSPS) is 11.2. The Balaban J connectivity index is 2.63. The van der Waals surface area contributed by atoms with E-state index in [2.05, 4.69) is 20.2 Å². The summed E-state index contributed by atoms with van der Waals surface area (Å²) in [6.07, 6.45) is 3.01. The smallest absolute Gasteiger partial charge is 0.159 e. The Morgan fingerprint density at radius 2 is 2.00 bits per heavy atom. The second-order valence-electron chi connectivity index (χ2n) is 3.07. The van der Waals surface area contributed by atoms with Crippen molar-refractivity contribution in [1.82, 2.24) is 25.1 Å². The summed E-state index contributed by atoms with van der Waals surface area (Å²) < 4.78 is 0. The van der Waals surface area contributed by atoms with Crippen LogP contribution >= 0.6 is 0 Å². The maximum absolute atomic E-state index is 9.66. The summed E-state index contributed by atoms with van der Waals surface area (Å²) in [5.74, 6) is 5.41. The van der Waals surface area contributed by atoms with Crippen LogP contribution < -0.4 is 5.84 Å². The van der Waals surface area contributed by atoms with Gasteiger partial charge in [0.1, 0.15) is 23.1 Å². The summed E-state index contributed by atoms with van der Waals surface area (Å²) in [4.78, 5) is 8.84. The molecule has 74 valence electrons. The van der Waals surface area contributed by atoms with Gasteiger partial charge in [-0.15, -0.1) is 10.2 Å². The molecule has 0 radical (unpaired) electrons. The highest BCUT2D eigenvalue weighted by atomic mass is 16.3. The zero-order chi connectivity index (χ0) is 10.4.